The lowest BCUT2D eigenvalue weighted by molar-refractivity contribution is 0.122. The van der Waals surface area contributed by atoms with Gasteiger partial charge in [-0.3, -0.25) is 0 Å². The molecule has 198 valence electrons. The van der Waals surface area contributed by atoms with Gasteiger partial charge in [-0.1, -0.05) is 35.3 Å². The van der Waals surface area contributed by atoms with E-state index in [4.69, 9.17) is 37.9 Å². The summed E-state index contributed by atoms with van der Waals surface area (Å²) in [5.41, 5.74) is 0.929. The molecule has 1 aliphatic carbocycles. The number of nitrogens with one attached hydrogen (secondary N) is 2. The molecular weight excluding hydrogens is 533 g/mol. The van der Waals surface area contributed by atoms with Crippen molar-refractivity contribution in [2.75, 3.05) is 49.6 Å². The maximum absolute atomic E-state index is 12.7. The van der Waals surface area contributed by atoms with Crippen molar-refractivity contribution in [3.63, 3.8) is 0 Å². The predicted octanol–water partition coefficient (Wildman–Crippen LogP) is 4.97. The van der Waals surface area contributed by atoms with Crippen molar-refractivity contribution in [1.82, 2.24) is 14.7 Å². The maximum atomic E-state index is 12.7. The molecule has 0 amide bonds. The molecule has 1 aromatic heterocycles. The van der Waals surface area contributed by atoms with E-state index in [-0.39, 0.29) is 4.90 Å². The number of aromatic nitrogens is 2. The van der Waals surface area contributed by atoms with Crippen LogP contribution in [-0.4, -0.2) is 57.8 Å². The summed E-state index contributed by atoms with van der Waals surface area (Å²) in [5, 5.41) is 5.12. The Labute approximate surface area is 227 Å². The van der Waals surface area contributed by atoms with E-state index in [0.717, 1.165) is 62.0 Å². The molecule has 5 rings (SSSR count). The summed E-state index contributed by atoms with van der Waals surface area (Å²) in [6.07, 6.45) is 3.96. The van der Waals surface area contributed by atoms with E-state index in [2.05, 4.69) is 21.0 Å². The van der Waals surface area contributed by atoms with Crippen molar-refractivity contribution in [3.8, 4) is 0 Å². The summed E-state index contributed by atoms with van der Waals surface area (Å²) in [6.45, 7) is 4.24. The lowest BCUT2D eigenvalue weighted by atomic mass is 9.82. The number of halogens is 2. The molecular formula is C26H31Cl2N5O3S. The Morgan fingerprint density at radius 2 is 1.57 bits per heavy atom. The largest absolute Gasteiger partial charge is 0.378 e. The number of hydrogen-bond acceptors (Lipinski definition) is 7. The zero-order valence-corrected chi connectivity index (χ0v) is 22.8. The van der Waals surface area contributed by atoms with Gasteiger partial charge in [-0.25, -0.2) is 18.1 Å². The molecule has 0 atom stereocenters. The number of fused-ring (bicyclic) bond motifs is 1. The van der Waals surface area contributed by atoms with Gasteiger partial charge in [-0.15, -0.1) is 0 Å². The van der Waals surface area contributed by atoms with Crippen LogP contribution < -0.4 is 14.9 Å². The standard InChI is InChI=1S/C26H31Cl2N5O3S/c27-20-13-21(28)15-22(14-20)37(34,35)30-17-19-7-5-18(6-8-19)16-29-26-31-24-4-2-1-3-23(24)25(32-26)33-9-11-36-12-10-33/h1-4,13-15,18-19,30H,5-12,16-17H2,(H,29,31,32)/t18-,19-. The molecule has 0 bridgehead atoms. The van der Waals surface area contributed by atoms with E-state index in [0.29, 0.717) is 47.6 Å². The lowest BCUT2D eigenvalue weighted by Gasteiger charge is -2.30. The number of anilines is 2. The van der Waals surface area contributed by atoms with Crippen LogP contribution in [0.2, 0.25) is 10.0 Å². The Hall–Kier alpha value is -2.17. The number of morpholine rings is 1. The Kier molecular flexibility index (Phi) is 8.36. The SMILES string of the molecule is O=S(=O)(NC[C@H]1CC[C@H](CNc2nc(N3CCOCC3)c3ccccc3n2)CC1)c1cc(Cl)cc(Cl)c1. The smallest absolute Gasteiger partial charge is 0.240 e. The Morgan fingerprint density at radius 1 is 0.919 bits per heavy atom. The second-order valence-electron chi connectivity index (χ2n) is 9.71. The van der Waals surface area contributed by atoms with E-state index in [9.17, 15) is 8.42 Å². The number of para-hydroxylation sites is 1. The van der Waals surface area contributed by atoms with Gasteiger partial charge in [0.1, 0.15) is 5.82 Å². The predicted molar refractivity (Wildman–Crippen MR) is 148 cm³/mol. The monoisotopic (exact) mass is 563 g/mol. The first-order chi connectivity index (χ1) is 17.9. The molecule has 0 unspecified atom stereocenters. The average molecular weight is 565 g/mol. The van der Waals surface area contributed by atoms with Crippen molar-refractivity contribution >= 4 is 55.9 Å². The molecule has 11 heteroatoms. The van der Waals surface area contributed by atoms with Crippen molar-refractivity contribution in [2.24, 2.45) is 11.8 Å². The van der Waals surface area contributed by atoms with Crippen molar-refractivity contribution in [3.05, 3.63) is 52.5 Å². The second-order valence-corrected chi connectivity index (χ2v) is 12.4. The first-order valence-electron chi connectivity index (χ1n) is 12.7. The van der Waals surface area contributed by atoms with Crippen LogP contribution >= 0.6 is 23.2 Å². The number of nitrogens with zero attached hydrogens (tertiary/aromatic N) is 3. The first-order valence-corrected chi connectivity index (χ1v) is 14.9. The van der Waals surface area contributed by atoms with Gasteiger partial charge in [0.25, 0.3) is 0 Å². The van der Waals surface area contributed by atoms with Crippen LogP contribution in [0.5, 0.6) is 0 Å². The van der Waals surface area contributed by atoms with Gasteiger partial charge < -0.3 is 15.0 Å². The summed E-state index contributed by atoms with van der Waals surface area (Å²) in [7, 11) is -3.66. The maximum Gasteiger partial charge on any atom is 0.240 e. The van der Waals surface area contributed by atoms with Crippen molar-refractivity contribution in [2.45, 2.75) is 30.6 Å². The lowest BCUT2D eigenvalue weighted by Crippen LogP contribution is -2.37. The van der Waals surface area contributed by atoms with Gasteiger partial charge in [-0.2, -0.15) is 4.98 Å². The Balaban J connectivity index is 1.15. The molecule has 2 N–H and O–H groups in total. The first kappa shape index (κ1) is 26.4. The normalized spacial score (nSPS) is 20.8. The third kappa shape index (κ3) is 6.64. The summed E-state index contributed by atoms with van der Waals surface area (Å²) in [4.78, 5) is 12.0. The summed E-state index contributed by atoms with van der Waals surface area (Å²) in [5.74, 6) is 2.38. The quantitative estimate of drug-likeness (QED) is 0.399. The molecule has 1 aliphatic heterocycles. The molecule has 2 aromatic carbocycles. The van der Waals surface area contributed by atoms with Crippen LogP contribution in [0.15, 0.2) is 47.4 Å². The van der Waals surface area contributed by atoms with E-state index < -0.39 is 10.0 Å². The Morgan fingerprint density at radius 3 is 2.27 bits per heavy atom. The Bertz CT molecular complexity index is 1320. The highest BCUT2D eigenvalue weighted by molar-refractivity contribution is 7.89. The van der Waals surface area contributed by atoms with Crippen LogP contribution in [0.1, 0.15) is 25.7 Å². The van der Waals surface area contributed by atoms with Crippen LogP contribution in [0, 0.1) is 11.8 Å². The molecule has 2 fully saturated rings. The van der Waals surface area contributed by atoms with Crippen LogP contribution in [0.25, 0.3) is 10.9 Å². The van der Waals surface area contributed by atoms with Gasteiger partial charge in [0.15, 0.2) is 0 Å². The molecule has 0 radical (unpaired) electrons. The van der Waals surface area contributed by atoms with E-state index in [1.54, 1.807) is 0 Å². The minimum atomic E-state index is -3.66. The van der Waals surface area contributed by atoms with Gasteiger partial charge in [0.05, 0.1) is 23.6 Å². The van der Waals surface area contributed by atoms with Crippen molar-refractivity contribution < 1.29 is 13.2 Å². The topological polar surface area (TPSA) is 96.5 Å². The van der Waals surface area contributed by atoms with Gasteiger partial charge in [0.2, 0.25) is 16.0 Å². The molecule has 37 heavy (non-hydrogen) atoms. The molecule has 1 saturated carbocycles. The fourth-order valence-corrected chi connectivity index (χ4v) is 6.87. The average Bonchev–Trinajstić information content (AvgIpc) is 2.91. The third-order valence-corrected chi connectivity index (χ3v) is 8.96. The molecule has 3 aromatic rings. The van der Waals surface area contributed by atoms with Gasteiger partial charge >= 0.3 is 0 Å². The molecule has 2 heterocycles. The number of rotatable bonds is 8. The second kappa shape index (κ2) is 11.7. The van der Waals surface area contributed by atoms with E-state index in [1.807, 2.05) is 18.2 Å². The fourth-order valence-electron chi connectivity index (χ4n) is 5.03. The number of sulfonamides is 1. The summed E-state index contributed by atoms with van der Waals surface area (Å²) >= 11 is 11.9. The molecule has 0 spiro atoms. The third-order valence-electron chi connectivity index (χ3n) is 7.12. The minimum Gasteiger partial charge on any atom is -0.378 e. The fraction of sp³-hybridized carbons (Fsp3) is 0.462. The minimum absolute atomic E-state index is 0.0923. The van der Waals surface area contributed by atoms with Crippen LogP contribution in [-0.2, 0) is 14.8 Å². The van der Waals surface area contributed by atoms with Crippen LogP contribution in [0.4, 0.5) is 11.8 Å². The van der Waals surface area contributed by atoms with Crippen molar-refractivity contribution in [1.29, 1.82) is 0 Å². The molecule has 8 nitrogen and oxygen atoms in total. The number of hydrogen-bond donors (Lipinski definition) is 2. The highest BCUT2D eigenvalue weighted by Crippen LogP contribution is 2.30. The summed E-state index contributed by atoms with van der Waals surface area (Å²) < 4.78 is 33.6. The highest BCUT2D eigenvalue weighted by Gasteiger charge is 2.24. The number of benzene rings is 2. The van der Waals surface area contributed by atoms with Gasteiger partial charge in [0, 0.05) is 41.6 Å². The summed E-state index contributed by atoms with van der Waals surface area (Å²) in [6, 6.07) is 12.5. The zero-order chi connectivity index (χ0) is 25.8. The van der Waals surface area contributed by atoms with Gasteiger partial charge in [-0.05, 0) is 67.9 Å². The molecule has 2 aliphatic rings. The number of ether oxygens (including phenoxy) is 1. The molecule has 1 saturated heterocycles. The van der Waals surface area contributed by atoms with Crippen LogP contribution in [0.3, 0.4) is 0 Å². The highest BCUT2D eigenvalue weighted by atomic mass is 35.5. The van der Waals surface area contributed by atoms with E-state index >= 15 is 0 Å². The van der Waals surface area contributed by atoms with E-state index in [1.165, 1.54) is 18.2 Å². The zero-order valence-electron chi connectivity index (χ0n) is 20.5.